The van der Waals surface area contributed by atoms with Gasteiger partial charge in [-0.15, -0.1) is 9.24 Å². The predicted octanol–water partition coefficient (Wildman–Crippen LogP) is 3.42. The summed E-state index contributed by atoms with van der Waals surface area (Å²) in [4.78, 5) is 0. The van der Waals surface area contributed by atoms with Crippen LogP contribution >= 0.6 is 9.24 Å². The second-order valence-corrected chi connectivity index (χ2v) is 6.72. The molecule has 1 heteroatoms. The first-order chi connectivity index (χ1) is 9.36. The van der Waals surface area contributed by atoms with Crippen LogP contribution in [0.1, 0.15) is 64.2 Å². The van der Waals surface area contributed by atoms with Crippen LogP contribution in [0.4, 0.5) is 0 Å². The molecule has 1 aromatic carbocycles. The minimum absolute atomic E-state index is 1.33. The van der Waals surface area contributed by atoms with Crippen molar-refractivity contribution in [2.75, 3.05) is 0 Å². The molecule has 0 spiro atoms. The molecular formula is C18H25P. The molecule has 0 aliphatic heterocycles. The molecule has 3 rings (SSSR count). The Balaban J connectivity index is 2.22. The number of benzene rings is 1. The van der Waals surface area contributed by atoms with E-state index in [9.17, 15) is 0 Å². The summed E-state index contributed by atoms with van der Waals surface area (Å²) in [7, 11) is 2.98. The summed E-state index contributed by atoms with van der Waals surface area (Å²) < 4.78 is 0. The molecule has 0 N–H and O–H groups in total. The molecule has 0 amide bonds. The van der Waals surface area contributed by atoms with E-state index < -0.39 is 0 Å². The van der Waals surface area contributed by atoms with Gasteiger partial charge in [0.15, 0.2) is 0 Å². The van der Waals surface area contributed by atoms with E-state index in [0.717, 1.165) is 0 Å². The first-order valence-corrected chi connectivity index (χ1v) is 8.52. The Bertz CT molecular complexity index is 552. The molecule has 2 saturated carbocycles. The maximum absolute atomic E-state index is 2.98. The molecule has 0 saturated heterocycles. The molecule has 1 atom stereocenters. The van der Waals surface area contributed by atoms with Gasteiger partial charge in [0, 0.05) is 0 Å². The van der Waals surface area contributed by atoms with E-state index in [4.69, 9.17) is 0 Å². The van der Waals surface area contributed by atoms with Crippen molar-refractivity contribution in [1.82, 2.24) is 0 Å². The molecule has 102 valence electrons. The van der Waals surface area contributed by atoms with Gasteiger partial charge in [0.25, 0.3) is 0 Å². The molecule has 2 fully saturated rings. The maximum Gasteiger partial charge on any atom is -0.0121 e. The van der Waals surface area contributed by atoms with Gasteiger partial charge in [-0.05, 0) is 67.1 Å². The van der Waals surface area contributed by atoms with Crippen LogP contribution in [0.3, 0.4) is 0 Å². The van der Waals surface area contributed by atoms with Crippen molar-refractivity contribution in [3.8, 4) is 0 Å². The van der Waals surface area contributed by atoms with Gasteiger partial charge in [0.2, 0.25) is 0 Å². The summed E-state index contributed by atoms with van der Waals surface area (Å²) in [6.07, 6.45) is 13.7. The zero-order valence-corrected chi connectivity index (χ0v) is 13.0. The summed E-state index contributed by atoms with van der Waals surface area (Å²) in [5, 5.41) is 4.61. The van der Waals surface area contributed by atoms with Crippen LogP contribution in [0, 0.1) is 0 Å². The largest absolute Gasteiger partial charge is 0.105 e. The molecular weight excluding hydrogens is 247 g/mol. The third-order valence-electron chi connectivity index (χ3n) is 4.75. The number of rotatable bonds is 0. The van der Waals surface area contributed by atoms with Gasteiger partial charge in [-0.1, -0.05) is 42.2 Å². The van der Waals surface area contributed by atoms with Gasteiger partial charge in [0.1, 0.15) is 0 Å². The Morgan fingerprint density at radius 3 is 1.89 bits per heavy atom. The van der Waals surface area contributed by atoms with Crippen molar-refractivity contribution in [3.05, 3.63) is 28.6 Å². The summed E-state index contributed by atoms with van der Waals surface area (Å²) >= 11 is 0. The Kier molecular flexibility index (Phi) is 4.38. The Labute approximate surface area is 119 Å². The van der Waals surface area contributed by atoms with E-state index in [1.807, 2.05) is 0 Å². The Morgan fingerprint density at radius 2 is 1.26 bits per heavy atom. The summed E-state index contributed by atoms with van der Waals surface area (Å²) in [6.45, 7) is 0. The highest BCUT2D eigenvalue weighted by Crippen LogP contribution is 2.24. The van der Waals surface area contributed by atoms with E-state index in [1.54, 1.807) is 21.6 Å². The van der Waals surface area contributed by atoms with E-state index in [-0.39, 0.29) is 0 Å². The van der Waals surface area contributed by atoms with Gasteiger partial charge in [0.05, 0.1) is 0 Å². The van der Waals surface area contributed by atoms with Gasteiger partial charge in [-0.25, -0.2) is 0 Å². The van der Waals surface area contributed by atoms with Crippen molar-refractivity contribution < 1.29 is 0 Å². The molecule has 1 aromatic rings. The van der Waals surface area contributed by atoms with Crippen LogP contribution in [0.2, 0.25) is 0 Å². The smallest absolute Gasteiger partial charge is 0.0121 e. The van der Waals surface area contributed by atoms with Crippen LogP contribution in [0.15, 0.2) is 18.2 Å². The highest BCUT2D eigenvalue weighted by Gasteiger charge is 2.11. The molecule has 0 aromatic heterocycles. The van der Waals surface area contributed by atoms with Crippen LogP contribution in [-0.2, 0) is 0 Å². The SMILES string of the molecule is Pc1cccc(=C2CCCCC2)c1=C1CCCCC1. The lowest BCUT2D eigenvalue weighted by Crippen LogP contribution is -2.39. The van der Waals surface area contributed by atoms with Crippen LogP contribution in [-0.4, -0.2) is 0 Å². The second-order valence-electron chi connectivity index (χ2n) is 6.10. The van der Waals surface area contributed by atoms with Gasteiger partial charge in [-0.2, -0.15) is 0 Å². The highest BCUT2D eigenvalue weighted by molar-refractivity contribution is 7.27. The predicted molar refractivity (Wildman–Crippen MR) is 88.0 cm³/mol. The Morgan fingerprint density at radius 1 is 0.684 bits per heavy atom. The average Bonchev–Trinajstić information content (AvgIpc) is 2.49. The van der Waals surface area contributed by atoms with Crippen molar-refractivity contribution in [1.29, 1.82) is 0 Å². The summed E-state index contributed by atoms with van der Waals surface area (Å²) in [5.41, 5.74) is 3.45. The van der Waals surface area contributed by atoms with Crippen LogP contribution in [0.5, 0.6) is 0 Å². The number of hydrogen-bond donors (Lipinski definition) is 0. The van der Waals surface area contributed by atoms with E-state index in [1.165, 1.54) is 69.5 Å². The second kappa shape index (κ2) is 6.23. The lowest BCUT2D eigenvalue weighted by molar-refractivity contribution is 0.639. The molecule has 0 bridgehead atoms. The molecule has 0 radical (unpaired) electrons. The third-order valence-corrected chi connectivity index (χ3v) is 5.23. The fourth-order valence-electron chi connectivity index (χ4n) is 3.74. The monoisotopic (exact) mass is 272 g/mol. The quantitative estimate of drug-likeness (QED) is 0.635. The minimum Gasteiger partial charge on any atom is -0.105 e. The first kappa shape index (κ1) is 13.4. The van der Waals surface area contributed by atoms with Crippen LogP contribution in [0.25, 0.3) is 11.1 Å². The summed E-state index contributed by atoms with van der Waals surface area (Å²) in [6, 6.07) is 6.89. The van der Waals surface area contributed by atoms with Crippen molar-refractivity contribution in [2.45, 2.75) is 64.2 Å². The van der Waals surface area contributed by atoms with Crippen molar-refractivity contribution in [2.24, 2.45) is 0 Å². The molecule has 1 unspecified atom stereocenters. The zero-order valence-electron chi connectivity index (χ0n) is 11.9. The third kappa shape index (κ3) is 2.95. The standard InChI is InChI=1S/C18H25P/c19-17-13-7-12-16(14-8-3-1-4-9-14)18(17)15-10-5-2-6-11-15/h7,12-13H,1-6,8-11,19H2. The maximum atomic E-state index is 2.98. The average molecular weight is 272 g/mol. The van der Waals surface area contributed by atoms with E-state index in [2.05, 4.69) is 27.4 Å². The fraction of sp³-hybridized carbons (Fsp3) is 0.556. The Hall–Kier alpha value is -0.610. The fourth-order valence-corrected chi connectivity index (χ4v) is 4.21. The van der Waals surface area contributed by atoms with Gasteiger partial charge >= 0.3 is 0 Å². The molecule has 2 aliphatic carbocycles. The van der Waals surface area contributed by atoms with Gasteiger partial charge < -0.3 is 0 Å². The summed E-state index contributed by atoms with van der Waals surface area (Å²) in [5.74, 6) is 0. The highest BCUT2D eigenvalue weighted by atomic mass is 31.0. The first-order valence-electron chi connectivity index (χ1n) is 7.95. The van der Waals surface area contributed by atoms with E-state index in [0.29, 0.717) is 0 Å². The molecule has 19 heavy (non-hydrogen) atoms. The van der Waals surface area contributed by atoms with E-state index >= 15 is 0 Å². The van der Waals surface area contributed by atoms with Gasteiger partial charge in [-0.3, -0.25) is 0 Å². The lowest BCUT2D eigenvalue weighted by Gasteiger charge is -2.18. The minimum atomic E-state index is 1.33. The lowest BCUT2D eigenvalue weighted by atomic mass is 9.89. The molecule has 0 heterocycles. The van der Waals surface area contributed by atoms with Crippen LogP contribution < -0.4 is 15.7 Å². The normalized spacial score (nSPS) is 20.7. The molecule has 0 nitrogen and oxygen atoms in total. The molecule has 2 aliphatic rings. The number of hydrogen-bond acceptors (Lipinski definition) is 0. The van der Waals surface area contributed by atoms with Crippen molar-refractivity contribution >= 4 is 25.7 Å². The topological polar surface area (TPSA) is 0 Å². The van der Waals surface area contributed by atoms with Crippen molar-refractivity contribution in [3.63, 3.8) is 0 Å². The zero-order chi connectivity index (χ0) is 13.1.